The Kier molecular flexibility index (Phi) is 12.9. The van der Waals surface area contributed by atoms with Crippen LogP contribution in [0.25, 0.3) is 0 Å². The van der Waals surface area contributed by atoms with E-state index in [1.54, 1.807) is 13.0 Å². The first-order valence-electron chi connectivity index (χ1n) is 7.73. The number of carboxylic acid groups (broad SMARTS) is 1. The minimum atomic E-state index is -0.843. The van der Waals surface area contributed by atoms with Crippen LogP contribution < -0.4 is 0 Å². The molecule has 0 fully saturated rings. The predicted octanol–water partition coefficient (Wildman–Crippen LogP) is 2.85. The minimum absolute atomic E-state index is 0.0892. The molecule has 0 aromatic carbocycles. The SMILES string of the molecule is CC=CC(=O)OCCCCCCOC(=O)CCCCC(=O)O. The molecule has 0 aromatic rings. The first-order chi connectivity index (χ1) is 10.6. The molecule has 0 rings (SSSR count). The third-order valence-electron chi connectivity index (χ3n) is 2.87. The second kappa shape index (κ2) is 14.1. The molecule has 0 saturated carbocycles. The quantitative estimate of drug-likeness (QED) is 0.319. The fraction of sp³-hybridized carbons (Fsp3) is 0.688. The summed E-state index contributed by atoms with van der Waals surface area (Å²) in [6.45, 7) is 2.55. The zero-order chi connectivity index (χ0) is 16.6. The first-order valence-corrected chi connectivity index (χ1v) is 7.73. The number of hydrogen-bond donors (Lipinski definition) is 1. The number of ether oxygens (including phenoxy) is 2. The van der Waals surface area contributed by atoms with Gasteiger partial charge in [-0.05, 0) is 45.4 Å². The van der Waals surface area contributed by atoms with Gasteiger partial charge in [0, 0.05) is 18.9 Å². The number of rotatable bonds is 13. The van der Waals surface area contributed by atoms with Gasteiger partial charge in [0.15, 0.2) is 0 Å². The molecule has 0 spiro atoms. The van der Waals surface area contributed by atoms with E-state index in [0.717, 1.165) is 25.7 Å². The molecule has 0 radical (unpaired) electrons. The summed E-state index contributed by atoms with van der Waals surface area (Å²) in [5.41, 5.74) is 0. The van der Waals surface area contributed by atoms with Crippen LogP contribution in [0.2, 0.25) is 0 Å². The van der Waals surface area contributed by atoms with Gasteiger partial charge in [0.05, 0.1) is 13.2 Å². The Morgan fingerprint density at radius 2 is 1.45 bits per heavy atom. The molecule has 0 bridgehead atoms. The van der Waals surface area contributed by atoms with Gasteiger partial charge in [-0.15, -0.1) is 0 Å². The standard InChI is InChI=1S/C16H26O6/c1-2-9-15(19)21-12-7-3-4-8-13-22-16(20)11-6-5-10-14(17)18/h2,9H,3-8,10-13H2,1H3,(H,17,18). The molecule has 0 atom stereocenters. The summed E-state index contributed by atoms with van der Waals surface area (Å²) in [7, 11) is 0. The summed E-state index contributed by atoms with van der Waals surface area (Å²) in [6, 6.07) is 0. The van der Waals surface area contributed by atoms with Crippen LogP contribution in [-0.2, 0) is 23.9 Å². The van der Waals surface area contributed by atoms with Crippen molar-refractivity contribution < 1.29 is 29.0 Å². The molecule has 0 saturated heterocycles. The zero-order valence-electron chi connectivity index (χ0n) is 13.2. The Morgan fingerprint density at radius 3 is 2.05 bits per heavy atom. The maximum atomic E-state index is 11.3. The average Bonchev–Trinajstić information content (AvgIpc) is 2.46. The van der Waals surface area contributed by atoms with Crippen LogP contribution >= 0.6 is 0 Å². The van der Waals surface area contributed by atoms with Gasteiger partial charge in [-0.2, -0.15) is 0 Å². The molecule has 126 valence electrons. The second-order valence-corrected chi connectivity index (χ2v) is 4.90. The number of hydrogen-bond acceptors (Lipinski definition) is 5. The summed E-state index contributed by atoms with van der Waals surface area (Å²) in [5.74, 6) is -1.44. The average molecular weight is 314 g/mol. The van der Waals surface area contributed by atoms with E-state index < -0.39 is 5.97 Å². The molecule has 0 heterocycles. The lowest BCUT2D eigenvalue weighted by molar-refractivity contribution is -0.144. The first kappa shape index (κ1) is 20.1. The van der Waals surface area contributed by atoms with Gasteiger partial charge in [0.25, 0.3) is 0 Å². The van der Waals surface area contributed by atoms with Crippen molar-refractivity contribution in [2.24, 2.45) is 0 Å². The van der Waals surface area contributed by atoms with E-state index in [2.05, 4.69) is 0 Å². The third kappa shape index (κ3) is 14.6. The van der Waals surface area contributed by atoms with E-state index in [0.29, 0.717) is 26.1 Å². The van der Waals surface area contributed by atoms with Gasteiger partial charge in [-0.3, -0.25) is 9.59 Å². The normalized spacial score (nSPS) is 10.6. The smallest absolute Gasteiger partial charge is 0.330 e. The van der Waals surface area contributed by atoms with Crippen LogP contribution in [0.4, 0.5) is 0 Å². The maximum Gasteiger partial charge on any atom is 0.330 e. The van der Waals surface area contributed by atoms with Crippen molar-refractivity contribution in [1.29, 1.82) is 0 Å². The Hall–Kier alpha value is -1.85. The van der Waals surface area contributed by atoms with Crippen molar-refractivity contribution in [3.8, 4) is 0 Å². The number of unbranched alkanes of at least 4 members (excludes halogenated alkanes) is 4. The van der Waals surface area contributed by atoms with Crippen molar-refractivity contribution in [2.75, 3.05) is 13.2 Å². The van der Waals surface area contributed by atoms with Gasteiger partial charge >= 0.3 is 17.9 Å². The van der Waals surface area contributed by atoms with E-state index >= 15 is 0 Å². The van der Waals surface area contributed by atoms with E-state index in [4.69, 9.17) is 14.6 Å². The summed E-state index contributed by atoms with van der Waals surface area (Å²) in [5, 5.41) is 8.45. The van der Waals surface area contributed by atoms with Crippen molar-refractivity contribution >= 4 is 17.9 Å². The summed E-state index contributed by atoms with van der Waals surface area (Å²) in [4.78, 5) is 32.6. The summed E-state index contributed by atoms with van der Waals surface area (Å²) >= 11 is 0. The molecule has 6 heteroatoms. The molecule has 0 amide bonds. The lowest BCUT2D eigenvalue weighted by atomic mass is 10.2. The van der Waals surface area contributed by atoms with Crippen LogP contribution in [0.3, 0.4) is 0 Å². The molecular formula is C16H26O6. The highest BCUT2D eigenvalue weighted by atomic mass is 16.5. The minimum Gasteiger partial charge on any atom is -0.481 e. The van der Waals surface area contributed by atoms with E-state index in [1.807, 2.05) is 0 Å². The monoisotopic (exact) mass is 314 g/mol. The Bertz CT molecular complexity index is 362. The topological polar surface area (TPSA) is 89.9 Å². The highest BCUT2D eigenvalue weighted by molar-refractivity contribution is 5.81. The van der Waals surface area contributed by atoms with E-state index in [9.17, 15) is 14.4 Å². The molecule has 6 nitrogen and oxygen atoms in total. The van der Waals surface area contributed by atoms with Gasteiger partial charge in [0.2, 0.25) is 0 Å². The van der Waals surface area contributed by atoms with E-state index in [1.165, 1.54) is 6.08 Å². The van der Waals surface area contributed by atoms with E-state index in [-0.39, 0.29) is 24.8 Å². The van der Waals surface area contributed by atoms with Crippen molar-refractivity contribution in [3.05, 3.63) is 12.2 Å². The maximum absolute atomic E-state index is 11.3. The fourth-order valence-electron chi connectivity index (χ4n) is 1.72. The lowest BCUT2D eigenvalue weighted by Gasteiger charge is -2.05. The van der Waals surface area contributed by atoms with Crippen LogP contribution in [0.15, 0.2) is 12.2 Å². The highest BCUT2D eigenvalue weighted by Crippen LogP contribution is 2.04. The van der Waals surface area contributed by atoms with Gasteiger partial charge in [-0.1, -0.05) is 6.08 Å². The lowest BCUT2D eigenvalue weighted by Crippen LogP contribution is -2.06. The van der Waals surface area contributed by atoms with Gasteiger partial charge in [-0.25, -0.2) is 4.79 Å². The Morgan fingerprint density at radius 1 is 0.864 bits per heavy atom. The number of allylic oxidation sites excluding steroid dienone is 1. The van der Waals surface area contributed by atoms with Crippen molar-refractivity contribution in [1.82, 2.24) is 0 Å². The number of esters is 2. The third-order valence-corrected chi connectivity index (χ3v) is 2.87. The molecule has 0 aliphatic heterocycles. The Labute approximate surface area is 131 Å². The van der Waals surface area contributed by atoms with Crippen LogP contribution in [0.5, 0.6) is 0 Å². The zero-order valence-corrected chi connectivity index (χ0v) is 13.2. The number of carboxylic acids is 1. The predicted molar refractivity (Wildman–Crippen MR) is 81.3 cm³/mol. The summed E-state index contributed by atoms with van der Waals surface area (Å²) in [6.07, 6.45) is 7.83. The number of aliphatic carboxylic acids is 1. The van der Waals surface area contributed by atoms with Gasteiger partial charge in [0.1, 0.15) is 0 Å². The molecular weight excluding hydrogens is 288 g/mol. The second-order valence-electron chi connectivity index (χ2n) is 4.90. The van der Waals surface area contributed by atoms with Crippen LogP contribution in [-0.4, -0.2) is 36.2 Å². The van der Waals surface area contributed by atoms with Gasteiger partial charge < -0.3 is 14.6 Å². The molecule has 0 aliphatic rings. The number of carbonyl (C=O) groups is 3. The van der Waals surface area contributed by atoms with Crippen LogP contribution in [0, 0.1) is 0 Å². The highest BCUT2D eigenvalue weighted by Gasteiger charge is 2.04. The molecule has 1 N–H and O–H groups in total. The Balaban J connectivity index is 3.30. The molecule has 0 aromatic heterocycles. The fourth-order valence-corrected chi connectivity index (χ4v) is 1.72. The van der Waals surface area contributed by atoms with Crippen molar-refractivity contribution in [2.45, 2.75) is 58.3 Å². The molecule has 0 unspecified atom stereocenters. The molecule has 22 heavy (non-hydrogen) atoms. The van der Waals surface area contributed by atoms with Crippen molar-refractivity contribution in [3.63, 3.8) is 0 Å². The number of carbonyl (C=O) groups excluding carboxylic acids is 2. The summed E-state index contributed by atoms with van der Waals surface area (Å²) < 4.78 is 9.99. The van der Waals surface area contributed by atoms with Crippen LogP contribution in [0.1, 0.15) is 58.3 Å². The largest absolute Gasteiger partial charge is 0.481 e. The molecule has 0 aliphatic carbocycles.